The first-order chi connectivity index (χ1) is 14.5. The van der Waals surface area contributed by atoms with Gasteiger partial charge in [-0.05, 0) is 60.9 Å². The molecule has 0 heterocycles. The van der Waals surface area contributed by atoms with Crippen molar-refractivity contribution in [1.29, 1.82) is 0 Å². The van der Waals surface area contributed by atoms with E-state index in [0.29, 0.717) is 30.0 Å². The first kappa shape index (κ1) is 21.3. The fraction of sp³-hybridized carbons (Fsp3) is 0.200. The number of esters is 1. The quantitative estimate of drug-likeness (QED) is 0.419. The van der Waals surface area contributed by atoms with Crippen molar-refractivity contribution in [2.24, 2.45) is 0 Å². The standard InChI is InChI=1S/C25H25NO4/c1-18(27)21-10-14-23(15-11-21)30-22-12-8-19(9-13-22)16-24(25(28)29-2)26-17-20-6-4-3-5-7-20/h3-15,24,26H,16-17H2,1-2H3/t24-/m0/s1. The number of nitrogens with one attached hydrogen (secondary N) is 1. The number of hydrogen-bond acceptors (Lipinski definition) is 5. The Bertz CT molecular complexity index is 966. The second-order valence-electron chi connectivity index (χ2n) is 6.97. The van der Waals surface area contributed by atoms with E-state index in [1.807, 2.05) is 54.6 Å². The van der Waals surface area contributed by atoms with Crippen LogP contribution in [0.2, 0.25) is 0 Å². The van der Waals surface area contributed by atoms with Gasteiger partial charge in [0.2, 0.25) is 0 Å². The molecule has 0 spiro atoms. The van der Waals surface area contributed by atoms with Gasteiger partial charge in [0.1, 0.15) is 17.5 Å². The summed E-state index contributed by atoms with van der Waals surface area (Å²) >= 11 is 0. The Balaban J connectivity index is 1.61. The summed E-state index contributed by atoms with van der Waals surface area (Å²) in [4.78, 5) is 23.5. The highest BCUT2D eigenvalue weighted by Crippen LogP contribution is 2.22. The van der Waals surface area contributed by atoms with Crippen LogP contribution in [0, 0.1) is 0 Å². The third-order valence-electron chi connectivity index (χ3n) is 4.74. The van der Waals surface area contributed by atoms with Crippen LogP contribution in [0.4, 0.5) is 0 Å². The van der Waals surface area contributed by atoms with Crippen LogP contribution in [-0.4, -0.2) is 24.9 Å². The summed E-state index contributed by atoms with van der Waals surface area (Å²) in [6.07, 6.45) is 0.507. The normalized spacial score (nSPS) is 11.5. The van der Waals surface area contributed by atoms with Crippen molar-refractivity contribution in [2.45, 2.75) is 25.9 Å². The fourth-order valence-electron chi connectivity index (χ4n) is 3.04. The first-order valence-electron chi connectivity index (χ1n) is 9.78. The highest BCUT2D eigenvalue weighted by atomic mass is 16.5. The molecular formula is C25H25NO4. The average Bonchev–Trinajstić information content (AvgIpc) is 2.78. The number of ketones is 1. The van der Waals surface area contributed by atoms with Gasteiger partial charge in [-0.25, -0.2) is 0 Å². The fourth-order valence-corrected chi connectivity index (χ4v) is 3.04. The van der Waals surface area contributed by atoms with Gasteiger partial charge < -0.3 is 14.8 Å². The predicted molar refractivity (Wildman–Crippen MR) is 116 cm³/mol. The number of carbonyl (C=O) groups excluding carboxylic acids is 2. The molecule has 5 heteroatoms. The maximum atomic E-state index is 12.2. The van der Waals surface area contributed by atoms with Crippen LogP contribution in [0.5, 0.6) is 11.5 Å². The molecule has 0 aliphatic carbocycles. The lowest BCUT2D eigenvalue weighted by atomic mass is 10.1. The number of ether oxygens (including phenoxy) is 2. The Hall–Kier alpha value is -3.44. The molecule has 1 atom stereocenters. The Morgan fingerprint density at radius 1 is 0.833 bits per heavy atom. The van der Waals surface area contributed by atoms with Crippen LogP contribution in [-0.2, 0) is 22.5 Å². The van der Waals surface area contributed by atoms with E-state index < -0.39 is 6.04 Å². The molecule has 30 heavy (non-hydrogen) atoms. The maximum Gasteiger partial charge on any atom is 0.323 e. The van der Waals surface area contributed by atoms with Gasteiger partial charge in [-0.3, -0.25) is 9.59 Å². The molecule has 0 aromatic heterocycles. The second kappa shape index (κ2) is 10.4. The lowest BCUT2D eigenvalue weighted by Gasteiger charge is -2.17. The summed E-state index contributed by atoms with van der Waals surface area (Å²) in [6, 6.07) is 24.1. The summed E-state index contributed by atoms with van der Waals surface area (Å²) in [5, 5.41) is 3.27. The maximum absolute atomic E-state index is 12.2. The van der Waals surface area contributed by atoms with Crippen molar-refractivity contribution in [3.8, 4) is 11.5 Å². The smallest absolute Gasteiger partial charge is 0.323 e. The van der Waals surface area contributed by atoms with Crippen LogP contribution in [0.3, 0.4) is 0 Å². The van der Waals surface area contributed by atoms with Gasteiger partial charge >= 0.3 is 5.97 Å². The molecule has 0 aliphatic rings. The highest BCUT2D eigenvalue weighted by molar-refractivity contribution is 5.94. The largest absolute Gasteiger partial charge is 0.468 e. The molecule has 0 bridgehead atoms. The molecular weight excluding hydrogens is 378 g/mol. The molecule has 3 aromatic rings. The highest BCUT2D eigenvalue weighted by Gasteiger charge is 2.19. The number of methoxy groups -OCH3 is 1. The van der Waals surface area contributed by atoms with Gasteiger partial charge in [-0.1, -0.05) is 42.5 Å². The zero-order valence-electron chi connectivity index (χ0n) is 17.1. The predicted octanol–water partition coefficient (Wildman–Crippen LogP) is 4.56. The van der Waals surface area contributed by atoms with E-state index in [9.17, 15) is 9.59 Å². The third kappa shape index (κ3) is 6.03. The number of hydrogen-bond donors (Lipinski definition) is 1. The van der Waals surface area contributed by atoms with Crippen LogP contribution >= 0.6 is 0 Å². The van der Waals surface area contributed by atoms with Crippen molar-refractivity contribution in [3.63, 3.8) is 0 Å². The summed E-state index contributed by atoms with van der Waals surface area (Å²) in [5.41, 5.74) is 2.74. The molecule has 0 radical (unpaired) electrons. The number of benzene rings is 3. The lowest BCUT2D eigenvalue weighted by molar-refractivity contribution is -0.143. The topological polar surface area (TPSA) is 64.6 Å². The second-order valence-corrected chi connectivity index (χ2v) is 6.97. The first-order valence-corrected chi connectivity index (χ1v) is 9.78. The number of Topliss-reactive ketones (excluding diaryl/α,β-unsaturated/α-hetero) is 1. The van der Waals surface area contributed by atoms with Crippen LogP contribution < -0.4 is 10.1 Å². The molecule has 3 rings (SSSR count). The Labute approximate surface area is 176 Å². The third-order valence-corrected chi connectivity index (χ3v) is 4.74. The zero-order valence-corrected chi connectivity index (χ0v) is 17.1. The van der Waals surface area contributed by atoms with Gasteiger partial charge in [0.25, 0.3) is 0 Å². The SMILES string of the molecule is COC(=O)[C@H](Cc1ccc(Oc2ccc(C(C)=O)cc2)cc1)NCc1ccccc1. The van der Waals surface area contributed by atoms with Gasteiger partial charge in [0.15, 0.2) is 5.78 Å². The van der Waals surface area contributed by atoms with E-state index in [2.05, 4.69) is 5.32 Å². The minimum absolute atomic E-state index is 0.0203. The van der Waals surface area contributed by atoms with E-state index in [-0.39, 0.29) is 11.8 Å². The molecule has 0 saturated carbocycles. The summed E-state index contributed by atoms with van der Waals surface area (Å²) in [6.45, 7) is 2.11. The van der Waals surface area contributed by atoms with Gasteiger partial charge in [-0.15, -0.1) is 0 Å². The van der Waals surface area contributed by atoms with Crippen LogP contribution in [0.25, 0.3) is 0 Å². The molecule has 154 valence electrons. The van der Waals surface area contributed by atoms with Gasteiger partial charge in [-0.2, -0.15) is 0 Å². The van der Waals surface area contributed by atoms with E-state index in [1.54, 1.807) is 24.3 Å². The molecule has 0 fully saturated rings. The van der Waals surface area contributed by atoms with Crippen LogP contribution in [0.1, 0.15) is 28.4 Å². The lowest BCUT2D eigenvalue weighted by Crippen LogP contribution is -2.39. The summed E-state index contributed by atoms with van der Waals surface area (Å²) in [7, 11) is 1.40. The molecule has 0 aliphatic heterocycles. The molecule has 5 nitrogen and oxygen atoms in total. The minimum Gasteiger partial charge on any atom is -0.468 e. The van der Waals surface area contributed by atoms with Crippen molar-refractivity contribution in [3.05, 3.63) is 95.6 Å². The molecule has 0 amide bonds. The van der Waals surface area contributed by atoms with Gasteiger partial charge in [0, 0.05) is 12.1 Å². The van der Waals surface area contributed by atoms with E-state index in [4.69, 9.17) is 9.47 Å². The molecule has 0 saturated heterocycles. The number of rotatable bonds is 9. The van der Waals surface area contributed by atoms with Crippen molar-refractivity contribution >= 4 is 11.8 Å². The minimum atomic E-state index is -0.443. The average molecular weight is 403 g/mol. The Kier molecular flexibility index (Phi) is 7.35. The van der Waals surface area contributed by atoms with Crippen molar-refractivity contribution in [1.82, 2.24) is 5.32 Å². The van der Waals surface area contributed by atoms with Gasteiger partial charge in [0.05, 0.1) is 7.11 Å². The molecule has 1 N–H and O–H groups in total. The molecule has 0 unspecified atom stereocenters. The Morgan fingerprint density at radius 2 is 1.43 bits per heavy atom. The summed E-state index contributed by atoms with van der Waals surface area (Å²) in [5.74, 6) is 1.06. The Morgan fingerprint density at radius 3 is 2.00 bits per heavy atom. The monoisotopic (exact) mass is 403 g/mol. The van der Waals surface area contributed by atoms with Crippen LogP contribution in [0.15, 0.2) is 78.9 Å². The van der Waals surface area contributed by atoms with E-state index in [1.165, 1.54) is 14.0 Å². The van der Waals surface area contributed by atoms with Crippen molar-refractivity contribution in [2.75, 3.05) is 7.11 Å². The molecule has 3 aromatic carbocycles. The summed E-state index contributed by atoms with van der Waals surface area (Å²) < 4.78 is 10.8. The van der Waals surface area contributed by atoms with Crippen molar-refractivity contribution < 1.29 is 19.1 Å². The van der Waals surface area contributed by atoms with E-state index >= 15 is 0 Å². The number of carbonyl (C=O) groups is 2. The van der Waals surface area contributed by atoms with E-state index in [0.717, 1.165) is 11.1 Å². The zero-order chi connectivity index (χ0) is 21.3.